The third-order valence-corrected chi connectivity index (χ3v) is 1.12. The smallest absolute Gasteiger partial charge is 0.307 e. The number of carboxylic acids is 1. The third kappa shape index (κ3) is 5.22. The summed E-state index contributed by atoms with van der Waals surface area (Å²) >= 11 is 0. The molecule has 0 spiro atoms. The Balaban J connectivity index is 3.92. The minimum atomic E-state index is -0.955. The van der Waals surface area contributed by atoms with Crippen molar-refractivity contribution in [2.45, 2.75) is 6.42 Å². The van der Waals surface area contributed by atoms with E-state index in [0.717, 1.165) is 6.26 Å². The average Bonchev–Trinajstić information content (AvgIpc) is 2.02. The van der Waals surface area contributed by atoms with Crippen LogP contribution >= 0.6 is 0 Å². The van der Waals surface area contributed by atoms with Crippen molar-refractivity contribution in [1.82, 2.24) is 0 Å². The van der Waals surface area contributed by atoms with Gasteiger partial charge in [-0.3, -0.25) is 4.79 Å². The molecule has 0 aliphatic rings. The lowest BCUT2D eigenvalue weighted by molar-refractivity contribution is -0.136. The van der Waals surface area contributed by atoms with E-state index in [1.165, 1.54) is 18.2 Å². The van der Waals surface area contributed by atoms with Gasteiger partial charge in [0, 0.05) is 0 Å². The lowest BCUT2D eigenvalue weighted by atomic mass is 10.1. The highest BCUT2D eigenvalue weighted by molar-refractivity contribution is 5.69. The second-order valence-electron chi connectivity index (χ2n) is 2.08. The minimum absolute atomic E-state index is 0.121. The predicted octanol–water partition coefficient (Wildman–Crippen LogP) is 0.904. The zero-order valence-corrected chi connectivity index (χ0v) is 6.38. The van der Waals surface area contributed by atoms with Gasteiger partial charge in [0.2, 0.25) is 0 Å². The summed E-state index contributed by atoms with van der Waals surface area (Å²) in [5.41, 5.74) is 0. The molecule has 0 rings (SSSR count). The summed E-state index contributed by atoms with van der Waals surface area (Å²) in [4.78, 5) is 20.2. The predicted molar refractivity (Wildman–Crippen MR) is 42.7 cm³/mol. The number of hydrogen-bond donors (Lipinski definition) is 2. The van der Waals surface area contributed by atoms with Gasteiger partial charge < -0.3 is 15.0 Å². The van der Waals surface area contributed by atoms with Gasteiger partial charge in [-0.25, -0.2) is 0 Å². The molecule has 2 N–H and O–H groups in total. The van der Waals surface area contributed by atoms with Gasteiger partial charge in [-0.1, -0.05) is 12.2 Å². The van der Waals surface area contributed by atoms with Crippen LogP contribution < -0.4 is 0 Å². The van der Waals surface area contributed by atoms with Gasteiger partial charge in [0.05, 0.1) is 18.6 Å². The molecule has 4 heteroatoms. The zero-order valence-electron chi connectivity index (χ0n) is 6.38. The molecule has 0 aliphatic carbocycles. The summed E-state index contributed by atoms with van der Waals surface area (Å²) in [6.45, 7) is 0. The Kier molecular flexibility index (Phi) is 5.34. The SMILES string of the molecule is O=CC(C=CO)C=CCC(=O)O. The van der Waals surface area contributed by atoms with Crippen LogP contribution in [-0.2, 0) is 9.59 Å². The fraction of sp³-hybridized carbons (Fsp3) is 0.250. The summed E-state index contributed by atoms with van der Waals surface area (Å²) in [6.07, 6.45) is 5.26. The van der Waals surface area contributed by atoms with E-state index in [0.29, 0.717) is 6.29 Å². The number of carbonyl (C=O) groups is 2. The van der Waals surface area contributed by atoms with E-state index in [9.17, 15) is 9.59 Å². The molecule has 1 atom stereocenters. The Morgan fingerprint density at radius 1 is 1.42 bits per heavy atom. The van der Waals surface area contributed by atoms with Crippen LogP contribution in [-0.4, -0.2) is 22.5 Å². The number of carboxylic acid groups (broad SMARTS) is 1. The van der Waals surface area contributed by atoms with Crippen LogP contribution in [0.25, 0.3) is 0 Å². The number of allylic oxidation sites excluding steroid dienone is 2. The first-order chi connectivity index (χ1) is 5.70. The highest BCUT2D eigenvalue weighted by Crippen LogP contribution is 1.97. The van der Waals surface area contributed by atoms with E-state index in [1.807, 2.05) is 0 Å². The van der Waals surface area contributed by atoms with Crippen molar-refractivity contribution in [2.24, 2.45) is 5.92 Å². The third-order valence-electron chi connectivity index (χ3n) is 1.12. The van der Waals surface area contributed by atoms with Crippen LogP contribution in [0.2, 0.25) is 0 Å². The summed E-state index contributed by atoms with van der Waals surface area (Å²) in [7, 11) is 0. The van der Waals surface area contributed by atoms with E-state index < -0.39 is 11.9 Å². The molecule has 0 aromatic heterocycles. The number of carbonyl (C=O) groups excluding carboxylic acids is 1. The van der Waals surface area contributed by atoms with Crippen molar-refractivity contribution in [3.63, 3.8) is 0 Å². The molecular weight excluding hydrogens is 160 g/mol. The van der Waals surface area contributed by atoms with Gasteiger partial charge in [0.1, 0.15) is 6.29 Å². The number of hydrogen-bond acceptors (Lipinski definition) is 3. The maximum absolute atomic E-state index is 10.2. The summed E-state index contributed by atoms with van der Waals surface area (Å²) in [5, 5.41) is 16.5. The van der Waals surface area contributed by atoms with Gasteiger partial charge in [0.25, 0.3) is 0 Å². The molecule has 0 saturated carbocycles. The van der Waals surface area contributed by atoms with Crippen molar-refractivity contribution < 1.29 is 19.8 Å². The molecule has 0 heterocycles. The fourth-order valence-electron chi connectivity index (χ4n) is 0.580. The van der Waals surface area contributed by atoms with Gasteiger partial charge in [-0.05, 0) is 6.08 Å². The van der Waals surface area contributed by atoms with Gasteiger partial charge >= 0.3 is 5.97 Å². The summed E-state index contributed by atoms with van der Waals surface area (Å²) < 4.78 is 0. The lowest BCUT2D eigenvalue weighted by Crippen LogP contribution is -1.94. The van der Waals surface area contributed by atoms with Crippen molar-refractivity contribution in [3.8, 4) is 0 Å². The first-order valence-electron chi connectivity index (χ1n) is 3.35. The number of aldehydes is 1. The molecule has 66 valence electrons. The molecule has 0 aromatic carbocycles. The molecule has 0 amide bonds. The van der Waals surface area contributed by atoms with Crippen LogP contribution in [0.3, 0.4) is 0 Å². The molecule has 4 nitrogen and oxygen atoms in total. The Morgan fingerprint density at radius 3 is 2.50 bits per heavy atom. The molecule has 12 heavy (non-hydrogen) atoms. The quantitative estimate of drug-likeness (QED) is 0.365. The van der Waals surface area contributed by atoms with E-state index >= 15 is 0 Å². The van der Waals surface area contributed by atoms with E-state index in [-0.39, 0.29) is 6.42 Å². The van der Waals surface area contributed by atoms with Crippen LogP contribution in [0.1, 0.15) is 6.42 Å². The number of aliphatic hydroxyl groups excluding tert-OH is 1. The largest absolute Gasteiger partial charge is 0.516 e. The molecule has 0 saturated heterocycles. The maximum atomic E-state index is 10.2. The van der Waals surface area contributed by atoms with E-state index in [2.05, 4.69) is 0 Å². The minimum Gasteiger partial charge on any atom is -0.516 e. The highest BCUT2D eigenvalue weighted by Gasteiger charge is 1.96. The van der Waals surface area contributed by atoms with Crippen LogP contribution in [0.5, 0.6) is 0 Å². The number of aliphatic carboxylic acids is 1. The summed E-state index contributed by atoms with van der Waals surface area (Å²) in [6, 6.07) is 0. The second kappa shape index (κ2) is 6.15. The molecule has 0 aliphatic heterocycles. The highest BCUT2D eigenvalue weighted by atomic mass is 16.4. The van der Waals surface area contributed by atoms with Gasteiger partial charge in [-0.15, -0.1) is 0 Å². The Labute approximate surface area is 69.8 Å². The topological polar surface area (TPSA) is 74.6 Å². The van der Waals surface area contributed by atoms with Crippen LogP contribution in [0, 0.1) is 5.92 Å². The fourth-order valence-corrected chi connectivity index (χ4v) is 0.580. The molecular formula is C8H10O4. The lowest BCUT2D eigenvalue weighted by Gasteiger charge is -1.92. The van der Waals surface area contributed by atoms with Crippen molar-refractivity contribution >= 4 is 12.3 Å². The number of rotatable bonds is 5. The Morgan fingerprint density at radius 2 is 2.08 bits per heavy atom. The molecule has 1 unspecified atom stereocenters. The Hall–Kier alpha value is -1.58. The standard InChI is InChI=1S/C8H10O4/c9-5-4-7(6-10)2-1-3-8(11)12/h1-2,4-7,9H,3H2,(H,11,12). The second-order valence-corrected chi connectivity index (χ2v) is 2.08. The zero-order chi connectivity index (χ0) is 9.40. The van der Waals surface area contributed by atoms with Crippen molar-refractivity contribution in [3.05, 3.63) is 24.5 Å². The van der Waals surface area contributed by atoms with E-state index in [4.69, 9.17) is 10.2 Å². The van der Waals surface area contributed by atoms with Gasteiger partial charge in [-0.2, -0.15) is 0 Å². The van der Waals surface area contributed by atoms with Crippen molar-refractivity contribution in [2.75, 3.05) is 0 Å². The van der Waals surface area contributed by atoms with E-state index in [1.54, 1.807) is 0 Å². The molecule has 0 aromatic rings. The van der Waals surface area contributed by atoms with Crippen LogP contribution in [0.15, 0.2) is 24.5 Å². The normalized spacial score (nSPS) is 13.7. The molecule has 0 bridgehead atoms. The average molecular weight is 170 g/mol. The molecule has 0 fully saturated rings. The van der Waals surface area contributed by atoms with Gasteiger partial charge in [0.15, 0.2) is 0 Å². The molecule has 0 radical (unpaired) electrons. The summed E-state index contributed by atoms with van der Waals surface area (Å²) in [5.74, 6) is -1.50. The monoisotopic (exact) mass is 170 g/mol. The number of aliphatic hydroxyl groups is 1. The van der Waals surface area contributed by atoms with Crippen molar-refractivity contribution in [1.29, 1.82) is 0 Å². The maximum Gasteiger partial charge on any atom is 0.307 e. The van der Waals surface area contributed by atoms with Crippen LogP contribution in [0.4, 0.5) is 0 Å². The first kappa shape index (κ1) is 10.4. The first-order valence-corrected chi connectivity index (χ1v) is 3.35. The Bertz CT molecular complexity index is 205.